The van der Waals surface area contributed by atoms with Crippen molar-refractivity contribution in [2.24, 2.45) is 0 Å². The minimum Gasteiger partial charge on any atom is -0.493 e. The van der Waals surface area contributed by atoms with E-state index in [4.69, 9.17) is 9.47 Å². The standard InChI is InChI=1S/C23H23N5O4S/c1-13-6-5-7-16(14(13)2)24-21(29)12-33-23-26-25-22(30)18-11-17(27-28(18)23)15-8-9-19(31-3)20(10-15)32-4/h5-11H,12H2,1-4H3,(H,24,29)(H,25,30). The van der Waals surface area contributed by atoms with Crippen molar-refractivity contribution in [1.29, 1.82) is 0 Å². The molecule has 0 spiro atoms. The van der Waals surface area contributed by atoms with E-state index in [9.17, 15) is 9.59 Å². The summed E-state index contributed by atoms with van der Waals surface area (Å²) in [4.78, 5) is 24.9. The first-order valence-electron chi connectivity index (χ1n) is 10.1. The molecule has 9 nitrogen and oxygen atoms in total. The average molecular weight is 466 g/mol. The molecule has 2 N–H and O–H groups in total. The number of methoxy groups -OCH3 is 2. The van der Waals surface area contributed by atoms with Gasteiger partial charge in [-0.25, -0.2) is 9.61 Å². The molecule has 2 heterocycles. The second-order valence-electron chi connectivity index (χ2n) is 7.32. The molecule has 4 rings (SSSR count). The first kappa shape index (κ1) is 22.4. The first-order valence-corrected chi connectivity index (χ1v) is 11.1. The van der Waals surface area contributed by atoms with Gasteiger partial charge in [-0.1, -0.05) is 23.9 Å². The van der Waals surface area contributed by atoms with Crippen LogP contribution in [0.25, 0.3) is 16.8 Å². The van der Waals surface area contributed by atoms with E-state index in [1.807, 2.05) is 38.1 Å². The summed E-state index contributed by atoms with van der Waals surface area (Å²) in [6, 6.07) is 12.8. The van der Waals surface area contributed by atoms with Crippen molar-refractivity contribution < 1.29 is 14.3 Å². The molecule has 0 fully saturated rings. The average Bonchev–Trinajstić information content (AvgIpc) is 3.28. The Bertz CT molecular complexity index is 1400. The maximum atomic E-state index is 12.5. The molecule has 1 amide bonds. The molecule has 0 bridgehead atoms. The molecular weight excluding hydrogens is 442 g/mol. The minimum atomic E-state index is -0.376. The summed E-state index contributed by atoms with van der Waals surface area (Å²) >= 11 is 1.18. The maximum absolute atomic E-state index is 12.5. The van der Waals surface area contributed by atoms with Gasteiger partial charge in [-0.05, 0) is 55.3 Å². The lowest BCUT2D eigenvalue weighted by Crippen LogP contribution is -2.17. The largest absolute Gasteiger partial charge is 0.493 e. The van der Waals surface area contributed by atoms with Gasteiger partial charge in [0.2, 0.25) is 11.1 Å². The number of anilines is 1. The van der Waals surface area contributed by atoms with Crippen LogP contribution in [-0.4, -0.2) is 45.7 Å². The number of amides is 1. The van der Waals surface area contributed by atoms with E-state index in [1.54, 1.807) is 32.4 Å². The van der Waals surface area contributed by atoms with Crippen LogP contribution in [-0.2, 0) is 4.79 Å². The van der Waals surface area contributed by atoms with Crippen LogP contribution in [0.2, 0.25) is 0 Å². The second kappa shape index (κ2) is 9.37. The third-order valence-electron chi connectivity index (χ3n) is 5.27. The van der Waals surface area contributed by atoms with E-state index >= 15 is 0 Å². The van der Waals surface area contributed by atoms with Gasteiger partial charge in [0.1, 0.15) is 5.52 Å². The van der Waals surface area contributed by atoms with Crippen LogP contribution in [0.15, 0.2) is 52.4 Å². The molecule has 0 saturated heterocycles. The van der Waals surface area contributed by atoms with Crippen LogP contribution in [0, 0.1) is 13.8 Å². The molecule has 10 heteroatoms. The molecule has 0 aliphatic carbocycles. The van der Waals surface area contributed by atoms with E-state index in [-0.39, 0.29) is 17.2 Å². The van der Waals surface area contributed by atoms with E-state index in [1.165, 1.54) is 16.3 Å². The predicted molar refractivity (Wildman–Crippen MR) is 127 cm³/mol. The number of thioether (sulfide) groups is 1. The Kier molecular flexibility index (Phi) is 6.36. The quantitative estimate of drug-likeness (QED) is 0.402. The van der Waals surface area contributed by atoms with Crippen LogP contribution in [0.4, 0.5) is 5.69 Å². The normalized spacial score (nSPS) is 10.9. The molecular formula is C23H23N5O4S. The van der Waals surface area contributed by atoms with Gasteiger partial charge in [0.15, 0.2) is 11.5 Å². The Morgan fingerprint density at radius 3 is 2.67 bits per heavy atom. The molecule has 0 radical (unpaired) electrons. The number of H-pyrrole nitrogens is 1. The third kappa shape index (κ3) is 4.56. The van der Waals surface area contributed by atoms with Crippen molar-refractivity contribution in [3.63, 3.8) is 0 Å². The summed E-state index contributed by atoms with van der Waals surface area (Å²) < 4.78 is 12.1. The number of aromatic amines is 1. The number of carbonyl (C=O) groups is 1. The number of fused-ring (bicyclic) bond motifs is 1. The van der Waals surface area contributed by atoms with Crippen molar-refractivity contribution in [3.8, 4) is 22.8 Å². The number of ether oxygens (including phenoxy) is 2. The summed E-state index contributed by atoms with van der Waals surface area (Å²) in [7, 11) is 3.12. The Morgan fingerprint density at radius 1 is 1.12 bits per heavy atom. The van der Waals surface area contributed by atoms with Gasteiger partial charge in [-0.15, -0.1) is 5.10 Å². The fourth-order valence-corrected chi connectivity index (χ4v) is 4.03. The van der Waals surface area contributed by atoms with Gasteiger partial charge in [0, 0.05) is 11.3 Å². The number of carbonyl (C=O) groups excluding carboxylic acids is 1. The summed E-state index contributed by atoms with van der Waals surface area (Å²) in [5, 5.41) is 14.4. The number of nitrogens with one attached hydrogen (secondary N) is 2. The summed E-state index contributed by atoms with van der Waals surface area (Å²) in [5.74, 6) is 1.07. The molecule has 4 aromatic rings. The lowest BCUT2D eigenvalue weighted by molar-refractivity contribution is -0.113. The van der Waals surface area contributed by atoms with Crippen LogP contribution in [0.5, 0.6) is 11.5 Å². The van der Waals surface area contributed by atoms with E-state index in [2.05, 4.69) is 20.6 Å². The Hall–Kier alpha value is -3.79. The van der Waals surface area contributed by atoms with E-state index in [0.29, 0.717) is 27.9 Å². The summed E-state index contributed by atoms with van der Waals surface area (Å²) in [5.41, 5.74) is 4.16. The minimum absolute atomic E-state index is 0.104. The van der Waals surface area contributed by atoms with Crippen molar-refractivity contribution in [1.82, 2.24) is 19.8 Å². The summed E-state index contributed by atoms with van der Waals surface area (Å²) in [6.45, 7) is 3.96. The Balaban J connectivity index is 1.58. The highest BCUT2D eigenvalue weighted by Gasteiger charge is 2.15. The number of aromatic nitrogens is 4. The van der Waals surface area contributed by atoms with Crippen molar-refractivity contribution in [2.75, 3.05) is 25.3 Å². The number of benzene rings is 2. The zero-order valence-electron chi connectivity index (χ0n) is 18.6. The van der Waals surface area contributed by atoms with Gasteiger partial charge in [-0.3, -0.25) is 9.59 Å². The van der Waals surface area contributed by atoms with Gasteiger partial charge in [-0.2, -0.15) is 5.10 Å². The van der Waals surface area contributed by atoms with Crippen molar-refractivity contribution in [3.05, 3.63) is 63.9 Å². The van der Waals surface area contributed by atoms with Gasteiger partial charge in [0.25, 0.3) is 5.56 Å². The lowest BCUT2D eigenvalue weighted by Gasteiger charge is -2.10. The first-order chi connectivity index (χ1) is 15.9. The second-order valence-corrected chi connectivity index (χ2v) is 8.26. The summed E-state index contributed by atoms with van der Waals surface area (Å²) in [6.07, 6.45) is 0. The highest BCUT2D eigenvalue weighted by atomic mass is 32.2. The number of hydrogen-bond acceptors (Lipinski definition) is 7. The Labute approximate surface area is 194 Å². The maximum Gasteiger partial charge on any atom is 0.290 e. The van der Waals surface area contributed by atoms with E-state index < -0.39 is 0 Å². The Morgan fingerprint density at radius 2 is 1.91 bits per heavy atom. The lowest BCUT2D eigenvalue weighted by atomic mass is 10.1. The zero-order chi connectivity index (χ0) is 23.5. The fraction of sp³-hybridized carbons (Fsp3) is 0.217. The van der Waals surface area contributed by atoms with Gasteiger partial charge < -0.3 is 14.8 Å². The van der Waals surface area contributed by atoms with Crippen LogP contribution < -0.4 is 20.3 Å². The van der Waals surface area contributed by atoms with Gasteiger partial charge in [0.05, 0.1) is 25.7 Å². The number of nitrogens with zero attached hydrogens (tertiary/aromatic N) is 3. The van der Waals surface area contributed by atoms with Crippen molar-refractivity contribution >= 4 is 28.9 Å². The van der Waals surface area contributed by atoms with Crippen molar-refractivity contribution in [2.45, 2.75) is 19.0 Å². The smallest absolute Gasteiger partial charge is 0.290 e. The topological polar surface area (TPSA) is 111 Å². The highest BCUT2D eigenvalue weighted by Crippen LogP contribution is 2.32. The molecule has 2 aromatic heterocycles. The number of hydrogen-bond donors (Lipinski definition) is 2. The van der Waals surface area contributed by atoms with Crippen LogP contribution in [0.1, 0.15) is 11.1 Å². The molecule has 0 unspecified atom stereocenters. The molecule has 0 saturated carbocycles. The number of rotatable bonds is 7. The SMILES string of the molecule is COc1ccc(-c2cc3c(=O)[nH]nc(SCC(=O)Nc4cccc(C)c4C)n3n2)cc1OC. The third-order valence-corrected chi connectivity index (χ3v) is 6.20. The predicted octanol–water partition coefficient (Wildman–Crippen LogP) is 3.45. The molecule has 33 heavy (non-hydrogen) atoms. The highest BCUT2D eigenvalue weighted by molar-refractivity contribution is 7.99. The van der Waals surface area contributed by atoms with Gasteiger partial charge >= 0.3 is 0 Å². The molecule has 0 atom stereocenters. The number of aryl methyl sites for hydroxylation is 1. The van der Waals surface area contributed by atoms with Crippen LogP contribution in [0.3, 0.4) is 0 Å². The van der Waals surface area contributed by atoms with Crippen LogP contribution >= 0.6 is 11.8 Å². The zero-order valence-corrected chi connectivity index (χ0v) is 19.4. The molecule has 0 aliphatic heterocycles. The molecule has 170 valence electrons. The fourth-order valence-electron chi connectivity index (χ4n) is 3.32. The van der Waals surface area contributed by atoms with E-state index in [0.717, 1.165) is 22.4 Å². The monoisotopic (exact) mass is 465 g/mol. The molecule has 0 aliphatic rings. The molecule has 2 aromatic carbocycles.